The number of rotatable bonds is 8. The van der Waals surface area contributed by atoms with E-state index in [0.29, 0.717) is 0 Å². The van der Waals surface area contributed by atoms with Crippen LogP contribution in [0.5, 0.6) is 5.75 Å². The van der Waals surface area contributed by atoms with Crippen molar-refractivity contribution in [1.82, 2.24) is 0 Å². The van der Waals surface area contributed by atoms with Gasteiger partial charge < -0.3 is 14.3 Å². The number of hydrogen-bond acceptors (Lipinski definition) is 6. The summed E-state index contributed by atoms with van der Waals surface area (Å²) in [5.74, 6) is 0.419. The van der Waals surface area contributed by atoms with Gasteiger partial charge in [0.25, 0.3) is 5.09 Å². The lowest BCUT2D eigenvalue weighted by Gasteiger charge is -2.10. The molecule has 0 saturated carbocycles. The van der Waals surface area contributed by atoms with Crippen LogP contribution in [0.2, 0.25) is 0 Å². The summed E-state index contributed by atoms with van der Waals surface area (Å²) in [4.78, 5) is 26.0. The molecule has 2 aromatic carbocycles. The Morgan fingerprint density at radius 3 is 2.68 bits per heavy atom. The summed E-state index contributed by atoms with van der Waals surface area (Å²) in [5, 5.41) is 11.2. The van der Waals surface area contributed by atoms with Crippen molar-refractivity contribution in [2.75, 3.05) is 20.3 Å². The van der Waals surface area contributed by atoms with Gasteiger partial charge in [-0.15, -0.1) is 10.1 Å². The first-order valence-corrected chi connectivity index (χ1v) is 7.65. The van der Waals surface area contributed by atoms with Gasteiger partial charge in [-0.2, -0.15) is 0 Å². The van der Waals surface area contributed by atoms with E-state index in [1.165, 1.54) is 12.2 Å². The highest BCUT2D eigenvalue weighted by Gasteiger charge is 2.09. The van der Waals surface area contributed by atoms with E-state index in [9.17, 15) is 14.9 Å². The molecule has 0 aliphatic heterocycles. The summed E-state index contributed by atoms with van der Waals surface area (Å²) < 4.78 is 10.3. The SMILES string of the molecule is COc1ccc2c(C)c(CC(=O)OCC=CCO[N+](=O)[O-])ccc2c1. The van der Waals surface area contributed by atoms with Gasteiger partial charge in [-0.1, -0.05) is 24.3 Å². The van der Waals surface area contributed by atoms with Gasteiger partial charge in [0.05, 0.1) is 13.5 Å². The number of carbonyl (C=O) groups is 1. The van der Waals surface area contributed by atoms with Crippen LogP contribution in [0.25, 0.3) is 10.8 Å². The van der Waals surface area contributed by atoms with E-state index in [2.05, 4.69) is 4.84 Å². The van der Waals surface area contributed by atoms with Gasteiger partial charge >= 0.3 is 5.97 Å². The fourth-order valence-electron chi connectivity index (χ4n) is 2.41. The average molecular weight is 345 g/mol. The van der Waals surface area contributed by atoms with Gasteiger partial charge in [-0.25, -0.2) is 0 Å². The highest BCUT2D eigenvalue weighted by Crippen LogP contribution is 2.26. The molecule has 7 nitrogen and oxygen atoms in total. The number of nitrogens with zero attached hydrogens (tertiary/aromatic N) is 1. The molecular formula is C18H19NO6. The third-order valence-corrected chi connectivity index (χ3v) is 3.73. The summed E-state index contributed by atoms with van der Waals surface area (Å²) >= 11 is 0. The molecule has 0 unspecified atom stereocenters. The lowest BCUT2D eigenvalue weighted by molar-refractivity contribution is -0.755. The Morgan fingerprint density at radius 1 is 1.20 bits per heavy atom. The minimum atomic E-state index is -0.881. The van der Waals surface area contributed by atoms with Crippen molar-refractivity contribution in [3.8, 4) is 5.75 Å². The molecule has 0 aromatic heterocycles. The summed E-state index contributed by atoms with van der Waals surface area (Å²) in [6.45, 7) is 1.84. The third kappa shape index (κ3) is 5.20. The quantitative estimate of drug-likeness (QED) is 0.316. The van der Waals surface area contributed by atoms with Crippen LogP contribution < -0.4 is 4.74 Å². The molecule has 0 heterocycles. The normalized spacial score (nSPS) is 10.8. The number of methoxy groups -OCH3 is 1. The maximum absolute atomic E-state index is 11.9. The predicted molar refractivity (Wildman–Crippen MR) is 92.0 cm³/mol. The number of esters is 1. The highest BCUT2D eigenvalue weighted by molar-refractivity contribution is 5.89. The Balaban J connectivity index is 1.94. The second-order valence-corrected chi connectivity index (χ2v) is 5.29. The number of hydrogen-bond donors (Lipinski definition) is 0. The zero-order valence-electron chi connectivity index (χ0n) is 14.1. The van der Waals surface area contributed by atoms with Crippen molar-refractivity contribution >= 4 is 16.7 Å². The van der Waals surface area contributed by atoms with Crippen LogP contribution in [0, 0.1) is 17.0 Å². The number of fused-ring (bicyclic) bond motifs is 1. The highest BCUT2D eigenvalue weighted by atomic mass is 16.9. The van der Waals surface area contributed by atoms with Crippen molar-refractivity contribution in [1.29, 1.82) is 0 Å². The molecule has 0 bridgehead atoms. The van der Waals surface area contributed by atoms with Crippen LogP contribution in [0.3, 0.4) is 0 Å². The summed E-state index contributed by atoms with van der Waals surface area (Å²) in [6, 6.07) is 9.65. The molecule has 25 heavy (non-hydrogen) atoms. The standard InChI is InChI=1S/C18H19NO6/c1-13-14(5-6-15-11-16(23-2)7-8-17(13)15)12-18(20)24-9-3-4-10-25-19(21)22/h3-8,11H,9-10,12H2,1-2H3. The van der Waals surface area contributed by atoms with E-state index in [0.717, 1.165) is 27.6 Å². The summed E-state index contributed by atoms with van der Waals surface area (Å²) in [6.07, 6.45) is 3.08. The lowest BCUT2D eigenvalue weighted by atomic mass is 9.98. The monoisotopic (exact) mass is 345 g/mol. The first-order chi connectivity index (χ1) is 12.0. The van der Waals surface area contributed by atoms with E-state index in [4.69, 9.17) is 9.47 Å². The first kappa shape index (κ1) is 18.3. The molecule has 0 atom stereocenters. The molecule has 132 valence electrons. The van der Waals surface area contributed by atoms with Crippen molar-refractivity contribution in [3.05, 3.63) is 63.7 Å². The van der Waals surface area contributed by atoms with E-state index < -0.39 is 5.09 Å². The maximum Gasteiger partial charge on any atom is 0.310 e. The van der Waals surface area contributed by atoms with Crippen LogP contribution >= 0.6 is 0 Å². The zero-order chi connectivity index (χ0) is 18.2. The van der Waals surface area contributed by atoms with Crippen LogP contribution in [-0.2, 0) is 20.8 Å². The first-order valence-electron chi connectivity index (χ1n) is 7.65. The molecule has 0 aliphatic rings. The number of benzene rings is 2. The predicted octanol–water partition coefficient (Wildman–Crippen LogP) is 3.01. The van der Waals surface area contributed by atoms with E-state index in [-0.39, 0.29) is 25.6 Å². The van der Waals surface area contributed by atoms with Gasteiger partial charge in [0.15, 0.2) is 0 Å². The Hall–Kier alpha value is -3.09. The van der Waals surface area contributed by atoms with Crippen LogP contribution in [0.1, 0.15) is 11.1 Å². The molecule has 0 fully saturated rings. The Morgan fingerprint density at radius 2 is 1.96 bits per heavy atom. The molecule has 0 N–H and O–H groups in total. The zero-order valence-corrected chi connectivity index (χ0v) is 14.1. The minimum Gasteiger partial charge on any atom is -0.497 e. The molecular weight excluding hydrogens is 326 g/mol. The van der Waals surface area contributed by atoms with Gasteiger partial charge in [-0.05, 0) is 47.0 Å². The van der Waals surface area contributed by atoms with Crippen molar-refractivity contribution in [2.24, 2.45) is 0 Å². The number of aryl methyl sites for hydroxylation is 1. The summed E-state index contributed by atoms with van der Waals surface area (Å²) in [5.41, 5.74) is 1.91. The summed E-state index contributed by atoms with van der Waals surface area (Å²) in [7, 11) is 1.62. The largest absolute Gasteiger partial charge is 0.497 e. The Labute approximate surface area is 144 Å². The second kappa shape index (κ2) is 8.68. The minimum absolute atomic E-state index is 0.0454. The molecule has 0 radical (unpaired) electrons. The van der Waals surface area contributed by atoms with E-state index >= 15 is 0 Å². The van der Waals surface area contributed by atoms with Crippen LogP contribution in [0.15, 0.2) is 42.5 Å². The maximum atomic E-state index is 11.9. The van der Waals surface area contributed by atoms with Gasteiger partial charge in [-0.3, -0.25) is 4.79 Å². The van der Waals surface area contributed by atoms with Crippen molar-refractivity contribution in [2.45, 2.75) is 13.3 Å². The Kier molecular flexibility index (Phi) is 6.33. The molecule has 0 amide bonds. The molecule has 0 saturated heterocycles. The topological polar surface area (TPSA) is 87.9 Å². The van der Waals surface area contributed by atoms with Crippen LogP contribution in [0.4, 0.5) is 0 Å². The number of ether oxygens (including phenoxy) is 2. The smallest absolute Gasteiger partial charge is 0.310 e. The lowest BCUT2D eigenvalue weighted by Crippen LogP contribution is -2.09. The fraction of sp³-hybridized carbons (Fsp3) is 0.278. The molecule has 7 heteroatoms. The second-order valence-electron chi connectivity index (χ2n) is 5.29. The van der Waals surface area contributed by atoms with E-state index in [1.54, 1.807) is 7.11 Å². The van der Waals surface area contributed by atoms with Crippen LogP contribution in [-0.4, -0.2) is 31.4 Å². The van der Waals surface area contributed by atoms with Crippen molar-refractivity contribution in [3.63, 3.8) is 0 Å². The Bertz CT molecular complexity index is 799. The molecule has 2 rings (SSSR count). The van der Waals surface area contributed by atoms with Gasteiger partial charge in [0, 0.05) is 0 Å². The van der Waals surface area contributed by atoms with E-state index in [1.807, 2.05) is 37.3 Å². The molecule has 0 aliphatic carbocycles. The molecule has 0 spiro atoms. The van der Waals surface area contributed by atoms with Gasteiger partial charge in [0.2, 0.25) is 0 Å². The fourth-order valence-corrected chi connectivity index (χ4v) is 2.41. The van der Waals surface area contributed by atoms with Gasteiger partial charge in [0.1, 0.15) is 19.0 Å². The molecule has 2 aromatic rings. The van der Waals surface area contributed by atoms with Crippen molar-refractivity contribution < 1.29 is 24.2 Å². The number of carbonyl (C=O) groups excluding carboxylic acids is 1. The average Bonchev–Trinajstić information content (AvgIpc) is 2.59. The third-order valence-electron chi connectivity index (χ3n) is 3.73.